The van der Waals surface area contributed by atoms with Crippen LogP contribution in [0, 0.1) is 5.82 Å². The maximum absolute atomic E-state index is 13.4. The number of unbranched alkanes of at least 4 members (excludes halogenated alkanes) is 1. The highest BCUT2D eigenvalue weighted by Gasteiger charge is 2.27. The van der Waals surface area contributed by atoms with Gasteiger partial charge in [-0.25, -0.2) is 14.2 Å². The minimum absolute atomic E-state index is 0.0932. The second kappa shape index (κ2) is 6.87. The molecule has 5 nitrogen and oxygen atoms in total. The fourth-order valence-electron chi connectivity index (χ4n) is 3.39. The van der Waals surface area contributed by atoms with Crippen LogP contribution in [0.15, 0.2) is 58.3 Å². The van der Waals surface area contributed by atoms with Crippen molar-refractivity contribution in [3.63, 3.8) is 0 Å². The lowest BCUT2D eigenvalue weighted by Gasteiger charge is -2.07. The Morgan fingerprint density at radius 2 is 1.89 bits per heavy atom. The standard InChI is InChI=1S/C21H20FN3O2/c1-2-3-12-24-20(26)19-18(14-8-10-16(22)11-9-14)23-17-7-5-4-6-15(17)13-25(19)21(24)27/h4-11,26H,2-3,12-13H2,1H3. The van der Waals surface area contributed by atoms with Gasteiger partial charge in [-0.3, -0.25) is 9.13 Å². The van der Waals surface area contributed by atoms with Gasteiger partial charge in [-0.05, 0) is 42.3 Å². The molecule has 0 bridgehead atoms. The molecular formula is C21H20FN3O2. The van der Waals surface area contributed by atoms with Crippen molar-refractivity contribution in [2.75, 3.05) is 0 Å². The summed E-state index contributed by atoms with van der Waals surface area (Å²) >= 11 is 0. The zero-order chi connectivity index (χ0) is 19.0. The Labute approximate surface area is 156 Å². The van der Waals surface area contributed by atoms with E-state index < -0.39 is 0 Å². The molecule has 4 rings (SSSR count). The molecule has 0 atom stereocenters. The van der Waals surface area contributed by atoms with Gasteiger partial charge in [0, 0.05) is 12.1 Å². The molecule has 0 fully saturated rings. The van der Waals surface area contributed by atoms with Gasteiger partial charge in [0.1, 0.15) is 17.2 Å². The van der Waals surface area contributed by atoms with E-state index in [1.165, 1.54) is 16.7 Å². The lowest BCUT2D eigenvalue weighted by Crippen LogP contribution is -2.26. The van der Waals surface area contributed by atoms with E-state index in [-0.39, 0.29) is 17.4 Å². The van der Waals surface area contributed by atoms with Gasteiger partial charge in [0.15, 0.2) is 0 Å². The number of aromatic hydroxyl groups is 1. The van der Waals surface area contributed by atoms with Gasteiger partial charge in [0.25, 0.3) is 0 Å². The molecule has 27 heavy (non-hydrogen) atoms. The van der Waals surface area contributed by atoms with E-state index in [1.807, 2.05) is 31.2 Å². The number of para-hydroxylation sites is 1. The van der Waals surface area contributed by atoms with Crippen LogP contribution in [-0.2, 0) is 13.1 Å². The molecule has 0 saturated carbocycles. The number of benzene rings is 2. The summed E-state index contributed by atoms with van der Waals surface area (Å²) < 4.78 is 16.4. The second-order valence-corrected chi connectivity index (χ2v) is 6.64. The van der Waals surface area contributed by atoms with Crippen molar-refractivity contribution in [3.8, 4) is 5.88 Å². The Morgan fingerprint density at radius 1 is 1.15 bits per heavy atom. The molecule has 1 N–H and O–H groups in total. The van der Waals surface area contributed by atoms with Crippen LogP contribution >= 0.6 is 0 Å². The monoisotopic (exact) mass is 365 g/mol. The third-order valence-corrected chi connectivity index (χ3v) is 4.83. The number of nitrogens with zero attached hydrogens (tertiary/aromatic N) is 3. The molecule has 1 aliphatic rings. The molecule has 0 aliphatic carbocycles. The first kappa shape index (κ1) is 17.3. The van der Waals surface area contributed by atoms with Crippen molar-refractivity contribution in [1.82, 2.24) is 9.13 Å². The van der Waals surface area contributed by atoms with Crippen molar-refractivity contribution >= 4 is 11.4 Å². The van der Waals surface area contributed by atoms with Crippen molar-refractivity contribution in [2.24, 2.45) is 4.99 Å². The minimum Gasteiger partial charge on any atom is -0.493 e. The Kier molecular flexibility index (Phi) is 4.39. The quantitative estimate of drug-likeness (QED) is 0.598. The molecule has 1 aromatic heterocycles. The molecule has 6 heteroatoms. The maximum atomic E-state index is 13.4. The summed E-state index contributed by atoms with van der Waals surface area (Å²) in [4.78, 5) is 17.7. The van der Waals surface area contributed by atoms with Gasteiger partial charge < -0.3 is 5.11 Å². The topological polar surface area (TPSA) is 59.5 Å². The SMILES string of the molecule is CCCCn1c(O)c2n(c1=O)Cc1ccccc1N=C2c1ccc(F)cc1. The Morgan fingerprint density at radius 3 is 2.63 bits per heavy atom. The van der Waals surface area contributed by atoms with Crippen LogP contribution < -0.4 is 5.69 Å². The number of imidazole rings is 1. The average molecular weight is 365 g/mol. The van der Waals surface area contributed by atoms with Gasteiger partial charge in [0.05, 0.1) is 12.2 Å². The highest BCUT2D eigenvalue weighted by Crippen LogP contribution is 2.30. The fourth-order valence-corrected chi connectivity index (χ4v) is 3.39. The normalized spacial score (nSPS) is 12.9. The van der Waals surface area contributed by atoms with Crippen molar-refractivity contribution in [2.45, 2.75) is 32.9 Å². The highest BCUT2D eigenvalue weighted by molar-refractivity contribution is 6.14. The first-order valence-electron chi connectivity index (χ1n) is 9.05. The number of aliphatic imine (C=N–C) groups is 1. The summed E-state index contributed by atoms with van der Waals surface area (Å²) in [6, 6.07) is 13.5. The van der Waals surface area contributed by atoms with Crippen LogP contribution in [0.2, 0.25) is 0 Å². The summed E-state index contributed by atoms with van der Waals surface area (Å²) in [5.41, 5.74) is 2.85. The van der Waals surface area contributed by atoms with E-state index in [9.17, 15) is 14.3 Å². The zero-order valence-electron chi connectivity index (χ0n) is 15.0. The third kappa shape index (κ3) is 2.97. The Hall–Kier alpha value is -3.15. The van der Waals surface area contributed by atoms with Crippen LogP contribution in [-0.4, -0.2) is 20.0 Å². The number of hydrogen-bond donors (Lipinski definition) is 1. The van der Waals surface area contributed by atoms with E-state index >= 15 is 0 Å². The maximum Gasteiger partial charge on any atom is 0.331 e. The smallest absolute Gasteiger partial charge is 0.331 e. The molecule has 0 saturated heterocycles. The molecule has 0 unspecified atom stereocenters. The van der Waals surface area contributed by atoms with Crippen LogP contribution in [0.3, 0.4) is 0 Å². The average Bonchev–Trinajstić information content (AvgIpc) is 2.82. The van der Waals surface area contributed by atoms with E-state index in [1.54, 1.807) is 16.7 Å². The molecular weight excluding hydrogens is 345 g/mol. The minimum atomic E-state index is -0.351. The van der Waals surface area contributed by atoms with Gasteiger partial charge >= 0.3 is 5.69 Å². The molecule has 1 aliphatic heterocycles. The van der Waals surface area contributed by atoms with E-state index in [0.29, 0.717) is 30.1 Å². The van der Waals surface area contributed by atoms with Gasteiger partial charge in [0.2, 0.25) is 5.88 Å². The first-order valence-corrected chi connectivity index (χ1v) is 9.05. The third-order valence-electron chi connectivity index (χ3n) is 4.83. The first-order chi connectivity index (χ1) is 13.1. The van der Waals surface area contributed by atoms with Gasteiger partial charge in [-0.1, -0.05) is 31.5 Å². The number of hydrogen-bond acceptors (Lipinski definition) is 3. The predicted octanol–water partition coefficient (Wildman–Crippen LogP) is 3.83. The van der Waals surface area contributed by atoms with Gasteiger partial charge in [-0.15, -0.1) is 0 Å². The van der Waals surface area contributed by atoms with Gasteiger partial charge in [-0.2, -0.15) is 0 Å². The predicted molar refractivity (Wildman–Crippen MR) is 103 cm³/mol. The molecule has 0 radical (unpaired) electrons. The highest BCUT2D eigenvalue weighted by atomic mass is 19.1. The van der Waals surface area contributed by atoms with E-state index in [2.05, 4.69) is 0 Å². The largest absolute Gasteiger partial charge is 0.493 e. The Balaban J connectivity index is 1.98. The number of rotatable bonds is 4. The van der Waals surface area contributed by atoms with E-state index in [4.69, 9.17) is 4.99 Å². The van der Waals surface area contributed by atoms with Crippen molar-refractivity contribution in [3.05, 3.63) is 81.7 Å². The summed E-state index contributed by atoms with van der Waals surface area (Å²) in [7, 11) is 0. The molecule has 2 aromatic carbocycles. The molecule has 3 aromatic rings. The molecule has 138 valence electrons. The summed E-state index contributed by atoms with van der Waals surface area (Å²) in [5, 5.41) is 10.9. The van der Waals surface area contributed by atoms with Crippen LogP contribution in [0.5, 0.6) is 5.88 Å². The number of halogens is 1. The van der Waals surface area contributed by atoms with E-state index in [0.717, 1.165) is 24.1 Å². The number of fused-ring (bicyclic) bond motifs is 2. The molecule has 0 amide bonds. The van der Waals surface area contributed by atoms with Crippen molar-refractivity contribution < 1.29 is 9.50 Å². The van der Waals surface area contributed by atoms with Crippen molar-refractivity contribution in [1.29, 1.82) is 0 Å². The molecule has 2 heterocycles. The zero-order valence-corrected chi connectivity index (χ0v) is 15.0. The van der Waals surface area contributed by atoms with Crippen LogP contribution in [0.4, 0.5) is 10.1 Å². The van der Waals surface area contributed by atoms with Crippen LogP contribution in [0.25, 0.3) is 0 Å². The lowest BCUT2D eigenvalue weighted by molar-refractivity contribution is 0.408. The molecule has 0 spiro atoms. The number of aromatic nitrogens is 2. The fraction of sp³-hybridized carbons (Fsp3) is 0.238. The summed E-state index contributed by atoms with van der Waals surface area (Å²) in [5.74, 6) is -0.445. The summed E-state index contributed by atoms with van der Waals surface area (Å²) in [6.45, 7) is 2.80. The second-order valence-electron chi connectivity index (χ2n) is 6.64. The van der Waals surface area contributed by atoms with Crippen LogP contribution in [0.1, 0.15) is 36.6 Å². The Bertz CT molecular complexity index is 1080. The summed E-state index contributed by atoms with van der Waals surface area (Å²) in [6.07, 6.45) is 1.70. The lowest BCUT2D eigenvalue weighted by atomic mass is 10.1.